The van der Waals surface area contributed by atoms with Crippen LogP contribution in [0.2, 0.25) is 5.02 Å². The van der Waals surface area contributed by atoms with Crippen LogP contribution in [0.3, 0.4) is 0 Å². The number of hydrogen-bond acceptors (Lipinski definition) is 1. The first-order valence-electron chi connectivity index (χ1n) is 6.87. The number of alkyl halides is 1. The molecule has 0 fully saturated rings. The number of rotatable bonds is 2. The van der Waals surface area contributed by atoms with E-state index < -0.39 is 0 Å². The summed E-state index contributed by atoms with van der Waals surface area (Å²) in [6.07, 6.45) is 1.28. The number of nitrogens with one attached hydrogen (secondary N) is 1. The molecule has 1 aliphatic rings. The van der Waals surface area contributed by atoms with E-state index in [9.17, 15) is 4.79 Å². The lowest BCUT2D eigenvalue weighted by Crippen LogP contribution is -2.19. The van der Waals surface area contributed by atoms with Gasteiger partial charge in [0.2, 0.25) is 5.91 Å². The van der Waals surface area contributed by atoms with E-state index in [0.29, 0.717) is 11.4 Å². The zero-order valence-electron chi connectivity index (χ0n) is 11.6. The van der Waals surface area contributed by atoms with Gasteiger partial charge >= 0.3 is 0 Å². The summed E-state index contributed by atoms with van der Waals surface area (Å²) in [4.78, 5) is 11.4. The third-order valence-electron chi connectivity index (χ3n) is 3.67. The van der Waals surface area contributed by atoms with Crippen molar-refractivity contribution in [1.82, 2.24) is 0 Å². The molecule has 2 aromatic carbocycles. The van der Waals surface area contributed by atoms with E-state index in [0.717, 1.165) is 34.4 Å². The second-order valence-electron chi connectivity index (χ2n) is 5.39. The van der Waals surface area contributed by atoms with Gasteiger partial charge in [-0.25, -0.2) is 0 Å². The summed E-state index contributed by atoms with van der Waals surface area (Å²) in [5, 5.41) is 3.33. The Hall–Kier alpha value is -1.51. The highest BCUT2D eigenvalue weighted by atomic mass is 35.5. The van der Waals surface area contributed by atoms with Crippen LogP contribution in [0.5, 0.6) is 0 Å². The molecule has 2 aromatic rings. The van der Waals surface area contributed by atoms with Crippen LogP contribution in [0.4, 0.5) is 5.69 Å². The smallest absolute Gasteiger partial charge is 0.224 e. The molecule has 0 saturated heterocycles. The predicted molar refractivity (Wildman–Crippen MR) is 87.3 cm³/mol. The lowest BCUT2D eigenvalue weighted by atomic mass is 9.96. The molecule has 1 heterocycles. The third-order valence-corrected chi connectivity index (χ3v) is 4.40. The molecular formula is C17H15Cl2NO. The average molecular weight is 320 g/mol. The maximum atomic E-state index is 11.4. The normalized spacial score (nSPS) is 15.3. The first-order valence-corrected chi connectivity index (χ1v) is 7.68. The average Bonchev–Trinajstić information content (AvgIpc) is 2.45. The molecule has 1 atom stereocenters. The van der Waals surface area contributed by atoms with Crippen LogP contribution in [0.15, 0.2) is 36.4 Å². The van der Waals surface area contributed by atoms with Gasteiger partial charge in [-0.15, -0.1) is 11.6 Å². The van der Waals surface area contributed by atoms with Crippen molar-refractivity contribution in [2.75, 3.05) is 5.32 Å². The molecule has 108 valence electrons. The van der Waals surface area contributed by atoms with Gasteiger partial charge in [0.05, 0.1) is 5.38 Å². The molecule has 1 amide bonds. The summed E-state index contributed by atoms with van der Waals surface area (Å²) in [6, 6.07) is 11.8. The van der Waals surface area contributed by atoms with Gasteiger partial charge in [0.1, 0.15) is 0 Å². The lowest BCUT2D eigenvalue weighted by Gasteiger charge is -2.19. The zero-order valence-corrected chi connectivity index (χ0v) is 13.1. The molecule has 1 aliphatic heterocycles. The third kappa shape index (κ3) is 3.07. The van der Waals surface area contributed by atoms with Crippen LogP contribution in [0.1, 0.15) is 34.1 Å². The zero-order chi connectivity index (χ0) is 15.0. The minimum absolute atomic E-state index is 0.0724. The predicted octanol–water partition coefficient (Wildman–Crippen LogP) is 4.86. The summed E-state index contributed by atoms with van der Waals surface area (Å²) in [5.74, 6) is 0.0724. The van der Waals surface area contributed by atoms with E-state index in [-0.39, 0.29) is 11.3 Å². The fourth-order valence-electron chi connectivity index (χ4n) is 2.66. The quantitative estimate of drug-likeness (QED) is 0.787. The lowest BCUT2D eigenvalue weighted by molar-refractivity contribution is -0.116. The van der Waals surface area contributed by atoms with Gasteiger partial charge in [-0.1, -0.05) is 29.8 Å². The molecule has 21 heavy (non-hydrogen) atoms. The van der Waals surface area contributed by atoms with E-state index in [4.69, 9.17) is 23.2 Å². The van der Waals surface area contributed by atoms with Gasteiger partial charge in [0.15, 0.2) is 0 Å². The largest absolute Gasteiger partial charge is 0.326 e. The second kappa shape index (κ2) is 5.70. The Morgan fingerprint density at radius 3 is 2.67 bits per heavy atom. The van der Waals surface area contributed by atoms with Crippen LogP contribution in [-0.2, 0) is 11.2 Å². The summed E-state index contributed by atoms with van der Waals surface area (Å²) >= 11 is 12.7. The van der Waals surface area contributed by atoms with Crippen molar-refractivity contribution in [3.63, 3.8) is 0 Å². The fraction of sp³-hybridized carbons (Fsp3) is 0.235. The van der Waals surface area contributed by atoms with E-state index in [1.165, 1.54) is 0 Å². The molecule has 0 aromatic heterocycles. The van der Waals surface area contributed by atoms with Gasteiger partial charge in [-0.2, -0.15) is 0 Å². The van der Waals surface area contributed by atoms with Crippen LogP contribution >= 0.6 is 23.2 Å². The van der Waals surface area contributed by atoms with Crippen molar-refractivity contribution in [3.05, 3.63) is 63.7 Å². The minimum atomic E-state index is -0.245. The molecule has 0 bridgehead atoms. The summed E-state index contributed by atoms with van der Waals surface area (Å²) in [5.41, 5.74) is 5.13. The van der Waals surface area contributed by atoms with E-state index in [2.05, 4.69) is 11.4 Å². The Morgan fingerprint density at radius 2 is 1.90 bits per heavy atom. The second-order valence-corrected chi connectivity index (χ2v) is 6.26. The SMILES string of the molecule is Cc1cc(Cl)cc(C(Cl)c2ccc3c(c2)CCC(=O)N3)c1. The standard InChI is InChI=1S/C17H15Cl2NO/c1-10-6-13(9-14(18)7-10)17(19)12-2-4-15-11(8-12)3-5-16(21)20-15/h2,4,6-9,17H,3,5H2,1H3,(H,20,21). The molecule has 0 saturated carbocycles. The molecule has 0 spiro atoms. The van der Waals surface area contributed by atoms with Crippen molar-refractivity contribution in [3.8, 4) is 0 Å². The fourth-order valence-corrected chi connectivity index (χ4v) is 3.22. The maximum absolute atomic E-state index is 11.4. The molecular weight excluding hydrogens is 305 g/mol. The first-order chi connectivity index (χ1) is 10.0. The number of fused-ring (bicyclic) bond motifs is 1. The monoisotopic (exact) mass is 319 g/mol. The van der Waals surface area contributed by atoms with Crippen molar-refractivity contribution < 1.29 is 4.79 Å². The number of carbonyl (C=O) groups excluding carboxylic acids is 1. The van der Waals surface area contributed by atoms with Gasteiger partial charge in [0.25, 0.3) is 0 Å². The molecule has 2 nitrogen and oxygen atoms in total. The number of anilines is 1. The van der Waals surface area contributed by atoms with Crippen LogP contribution in [-0.4, -0.2) is 5.91 Å². The highest BCUT2D eigenvalue weighted by Gasteiger charge is 2.18. The summed E-state index contributed by atoms with van der Waals surface area (Å²) in [6.45, 7) is 2.00. The highest BCUT2D eigenvalue weighted by Crippen LogP contribution is 2.34. The number of halogens is 2. The van der Waals surface area contributed by atoms with Crippen LogP contribution < -0.4 is 5.32 Å². The number of hydrogen-bond donors (Lipinski definition) is 1. The molecule has 0 radical (unpaired) electrons. The molecule has 1 N–H and O–H groups in total. The van der Waals surface area contributed by atoms with Crippen LogP contribution in [0, 0.1) is 6.92 Å². The Labute approximate surface area is 134 Å². The van der Waals surface area contributed by atoms with Crippen LogP contribution in [0.25, 0.3) is 0 Å². The van der Waals surface area contributed by atoms with Gasteiger partial charge in [-0.05, 0) is 53.8 Å². The van der Waals surface area contributed by atoms with Gasteiger partial charge in [-0.3, -0.25) is 4.79 Å². The Balaban J connectivity index is 1.94. The van der Waals surface area contributed by atoms with E-state index in [1.54, 1.807) is 0 Å². The minimum Gasteiger partial charge on any atom is -0.326 e. The molecule has 3 rings (SSSR count). The number of benzene rings is 2. The van der Waals surface area contributed by atoms with Crippen molar-refractivity contribution in [2.45, 2.75) is 25.1 Å². The topological polar surface area (TPSA) is 29.1 Å². The molecule has 0 aliphatic carbocycles. The van der Waals surface area contributed by atoms with Crippen molar-refractivity contribution in [1.29, 1.82) is 0 Å². The number of aryl methyl sites for hydroxylation is 2. The van der Waals surface area contributed by atoms with Gasteiger partial charge in [0, 0.05) is 17.1 Å². The number of carbonyl (C=O) groups is 1. The number of amides is 1. The van der Waals surface area contributed by atoms with E-state index in [1.807, 2.05) is 37.3 Å². The van der Waals surface area contributed by atoms with Gasteiger partial charge < -0.3 is 5.32 Å². The molecule has 4 heteroatoms. The van der Waals surface area contributed by atoms with E-state index >= 15 is 0 Å². The first kappa shape index (κ1) is 14.4. The maximum Gasteiger partial charge on any atom is 0.224 e. The summed E-state index contributed by atoms with van der Waals surface area (Å²) in [7, 11) is 0. The Kier molecular flexibility index (Phi) is 3.92. The van der Waals surface area contributed by atoms with Crippen molar-refractivity contribution in [2.24, 2.45) is 0 Å². The Morgan fingerprint density at radius 1 is 1.10 bits per heavy atom. The Bertz CT molecular complexity index is 692. The van der Waals surface area contributed by atoms with Crippen molar-refractivity contribution >= 4 is 34.8 Å². The summed E-state index contributed by atoms with van der Waals surface area (Å²) < 4.78 is 0. The highest BCUT2D eigenvalue weighted by molar-refractivity contribution is 6.31. The molecule has 1 unspecified atom stereocenters.